The lowest BCUT2D eigenvalue weighted by Gasteiger charge is -2.18. The molecule has 1 atom stereocenters. The largest absolute Gasteiger partial charge is 0.310 e. The van der Waals surface area contributed by atoms with Crippen molar-refractivity contribution in [2.24, 2.45) is 0 Å². The highest BCUT2D eigenvalue weighted by molar-refractivity contribution is 7.98. The van der Waals surface area contributed by atoms with E-state index in [1.807, 2.05) is 18.4 Å². The lowest BCUT2D eigenvalue weighted by atomic mass is 10.0. The highest BCUT2D eigenvalue weighted by atomic mass is 32.2. The Kier molecular flexibility index (Phi) is 8.33. The van der Waals surface area contributed by atoms with Gasteiger partial charge in [-0.15, -0.1) is 0 Å². The molecule has 0 spiro atoms. The van der Waals surface area contributed by atoms with Gasteiger partial charge < -0.3 is 5.32 Å². The molecule has 0 aliphatic rings. The third-order valence-electron chi connectivity index (χ3n) is 3.22. The predicted molar refractivity (Wildman–Crippen MR) is 91.3 cm³/mol. The van der Waals surface area contributed by atoms with Crippen LogP contribution in [0.2, 0.25) is 0 Å². The second kappa shape index (κ2) is 9.46. The maximum atomic E-state index is 12.2. The van der Waals surface area contributed by atoms with Crippen molar-refractivity contribution < 1.29 is 8.42 Å². The third-order valence-corrected chi connectivity index (χ3v) is 5.29. The van der Waals surface area contributed by atoms with Crippen LogP contribution in [0.5, 0.6) is 0 Å². The van der Waals surface area contributed by atoms with Crippen LogP contribution < -0.4 is 10.0 Å². The molecule has 0 aromatic heterocycles. The van der Waals surface area contributed by atoms with Gasteiger partial charge in [0.1, 0.15) is 0 Å². The van der Waals surface area contributed by atoms with E-state index in [9.17, 15) is 8.42 Å². The van der Waals surface area contributed by atoms with Crippen LogP contribution in [-0.4, -0.2) is 33.5 Å². The van der Waals surface area contributed by atoms with Gasteiger partial charge in [-0.3, -0.25) is 0 Å². The van der Waals surface area contributed by atoms with Crippen molar-refractivity contribution in [3.8, 4) is 0 Å². The molecule has 0 saturated heterocycles. The van der Waals surface area contributed by atoms with E-state index in [1.165, 1.54) is 0 Å². The van der Waals surface area contributed by atoms with Gasteiger partial charge in [0.05, 0.1) is 4.90 Å². The molecule has 1 aromatic rings. The van der Waals surface area contributed by atoms with Gasteiger partial charge >= 0.3 is 0 Å². The summed E-state index contributed by atoms with van der Waals surface area (Å²) >= 11 is 1.62. The number of hydrogen-bond acceptors (Lipinski definition) is 4. The molecule has 120 valence electrons. The first-order valence-electron chi connectivity index (χ1n) is 7.37. The first kappa shape index (κ1) is 18.5. The normalized spacial score (nSPS) is 13.3. The molecule has 0 radical (unpaired) electrons. The molecule has 0 amide bonds. The van der Waals surface area contributed by atoms with Gasteiger partial charge in [-0.05, 0) is 43.3 Å². The van der Waals surface area contributed by atoms with Gasteiger partial charge in [0.2, 0.25) is 10.0 Å². The number of thioether (sulfide) groups is 1. The zero-order chi connectivity index (χ0) is 15.7. The van der Waals surface area contributed by atoms with Crippen molar-refractivity contribution in [3.63, 3.8) is 0 Å². The maximum Gasteiger partial charge on any atom is 0.240 e. The standard InChI is InChI=1S/C15H26N2O2S2/c1-4-9-16-15(5-2)13-7-6-8-14(12-13)21(18,19)17-10-11-20-3/h6-8,12,15-17H,4-5,9-11H2,1-3H3. The Hall–Kier alpha value is -0.560. The molecule has 6 heteroatoms. The van der Waals surface area contributed by atoms with Gasteiger partial charge in [-0.2, -0.15) is 11.8 Å². The number of hydrogen-bond donors (Lipinski definition) is 2. The predicted octanol–water partition coefficient (Wildman–Crippen LogP) is 2.78. The van der Waals surface area contributed by atoms with Gasteiger partial charge in [0.15, 0.2) is 0 Å². The van der Waals surface area contributed by atoms with Crippen LogP contribution in [0.15, 0.2) is 29.2 Å². The molecule has 0 aliphatic carbocycles. The highest BCUT2D eigenvalue weighted by Crippen LogP contribution is 2.20. The van der Waals surface area contributed by atoms with E-state index < -0.39 is 10.0 Å². The highest BCUT2D eigenvalue weighted by Gasteiger charge is 2.16. The fourth-order valence-corrected chi connectivity index (χ4v) is 3.60. The molecule has 4 nitrogen and oxygen atoms in total. The molecule has 0 fully saturated rings. The molecule has 0 bridgehead atoms. The van der Waals surface area contributed by atoms with Gasteiger partial charge in [0.25, 0.3) is 0 Å². The quantitative estimate of drug-likeness (QED) is 0.648. The molecule has 1 rings (SSSR count). The van der Waals surface area contributed by atoms with Crippen LogP contribution in [0.4, 0.5) is 0 Å². The van der Waals surface area contributed by atoms with Crippen molar-refractivity contribution in [3.05, 3.63) is 29.8 Å². The number of benzene rings is 1. The smallest absolute Gasteiger partial charge is 0.240 e. The molecule has 0 saturated carbocycles. The fraction of sp³-hybridized carbons (Fsp3) is 0.600. The minimum absolute atomic E-state index is 0.200. The molecule has 1 unspecified atom stereocenters. The van der Waals surface area contributed by atoms with Crippen molar-refractivity contribution >= 4 is 21.8 Å². The number of rotatable bonds is 10. The summed E-state index contributed by atoms with van der Waals surface area (Å²) in [6.45, 7) is 5.61. The van der Waals surface area contributed by atoms with Gasteiger partial charge in [-0.25, -0.2) is 13.1 Å². The number of nitrogens with one attached hydrogen (secondary N) is 2. The van der Waals surface area contributed by atoms with Crippen LogP contribution >= 0.6 is 11.8 Å². The summed E-state index contributed by atoms with van der Waals surface area (Å²) in [7, 11) is -3.41. The van der Waals surface area contributed by atoms with E-state index in [1.54, 1.807) is 23.9 Å². The summed E-state index contributed by atoms with van der Waals surface area (Å²) in [6, 6.07) is 7.42. The number of sulfonamides is 1. The summed E-state index contributed by atoms with van der Waals surface area (Å²) in [5.74, 6) is 0.772. The van der Waals surface area contributed by atoms with Crippen LogP contribution in [0.1, 0.15) is 38.3 Å². The molecular weight excluding hydrogens is 304 g/mol. The third kappa shape index (κ3) is 5.98. The Labute approximate surface area is 133 Å². The minimum atomic E-state index is -3.41. The fourth-order valence-electron chi connectivity index (χ4n) is 2.08. The molecular formula is C15H26N2O2S2. The van der Waals surface area contributed by atoms with Crippen molar-refractivity contribution in [2.45, 2.75) is 37.6 Å². The lowest BCUT2D eigenvalue weighted by Crippen LogP contribution is -2.26. The van der Waals surface area contributed by atoms with E-state index in [2.05, 4.69) is 23.9 Å². The first-order valence-corrected chi connectivity index (χ1v) is 10.2. The SMILES string of the molecule is CCCNC(CC)c1cccc(S(=O)(=O)NCCSC)c1. The monoisotopic (exact) mass is 330 g/mol. The average molecular weight is 331 g/mol. The lowest BCUT2D eigenvalue weighted by molar-refractivity contribution is 0.517. The van der Waals surface area contributed by atoms with Crippen molar-refractivity contribution in [1.29, 1.82) is 0 Å². The topological polar surface area (TPSA) is 58.2 Å². The van der Waals surface area contributed by atoms with Crippen LogP contribution in [0, 0.1) is 0 Å². The zero-order valence-electron chi connectivity index (χ0n) is 13.1. The Morgan fingerprint density at radius 1 is 1.24 bits per heavy atom. The molecule has 1 aromatic carbocycles. The molecule has 21 heavy (non-hydrogen) atoms. The van der Waals surface area contributed by atoms with Crippen LogP contribution in [0.25, 0.3) is 0 Å². The summed E-state index contributed by atoms with van der Waals surface area (Å²) in [6.07, 6.45) is 3.95. The summed E-state index contributed by atoms with van der Waals surface area (Å²) in [4.78, 5) is 0.345. The Morgan fingerprint density at radius 3 is 2.62 bits per heavy atom. The summed E-state index contributed by atoms with van der Waals surface area (Å²) < 4.78 is 27.1. The second-order valence-electron chi connectivity index (χ2n) is 4.88. The summed E-state index contributed by atoms with van der Waals surface area (Å²) in [5.41, 5.74) is 1.03. The minimum Gasteiger partial charge on any atom is -0.310 e. The van der Waals surface area contributed by atoms with E-state index in [-0.39, 0.29) is 6.04 Å². The van der Waals surface area contributed by atoms with Crippen molar-refractivity contribution in [2.75, 3.05) is 25.1 Å². The van der Waals surface area contributed by atoms with Gasteiger partial charge in [0, 0.05) is 18.3 Å². The van der Waals surface area contributed by atoms with E-state index >= 15 is 0 Å². The van der Waals surface area contributed by atoms with Crippen molar-refractivity contribution in [1.82, 2.24) is 10.0 Å². The molecule has 0 aliphatic heterocycles. The maximum absolute atomic E-state index is 12.2. The Bertz CT molecular complexity index is 518. The Morgan fingerprint density at radius 2 is 2.00 bits per heavy atom. The average Bonchev–Trinajstić information content (AvgIpc) is 2.48. The second-order valence-corrected chi connectivity index (χ2v) is 7.63. The molecule has 2 N–H and O–H groups in total. The zero-order valence-corrected chi connectivity index (χ0v) is 14.7. The van der Waals surface area contributed by atoms with Gasteiger partial charge in [-0.1, -0.05) is 26.0 Å². The first-order chi connectivity index (χ1) is 10.0. The molecule has 0 heterocycles. The van der Waals surface area contributed by atoms with E-state index in [4.69, 9.17) is 0 Å². The van der Waals surface area contributed by atoms with Crippen LogP contribution in [0.3, 0.4) is 0 Å². The van der Waals surface area contributed by atoms with Crippen LogP contribution in [-0.2, 0) is 10.0 Å². The van der Waals surface area contributed by atoms with E-state index in [0.29, 0.717) is 11.4 Å². The summed E-state index contributed by atoms with van der Waals surface area (Å²) in [5, 5.41) is 3.45. The Balaban J connectivity index is 2.88. The van der Waals surface area contributed by atoms with E-state index in [0.717, 1.165) is 30.7 Å².